The summed E-state index contributed by atoms with van der Waals surface area (Å²) in [6.45, 7) is 1.72. The van der Waals surface area contributed by atoms with E-state index in [-0.39, 0.29) is 11.7 Å². The highest BCUT2D eigenvalue weighted by Gasteiger charge is 1.98. The number of carbonyl (C=O) groups is 1. The maximum absolute atomic E-state index is 10.8. The van der Waals surface area contributed by atoms with Gasteiger partial charge in [0, 0.05) is 12.6 Å². The molecular formula is C7H9N3O2. The zero-order valence-corrected chi connectivity index (χ0v) is 6.63. The Hall–Kier alpha value is -1.65. The number of nitrogens with one attached hydrogen (secondary N) is 2. The zero-order chi connectivity index (χ0) is 8.97. The van der Waals surface area contributed by atoms with Gasteiger partial charge in [-0.25, -0.2) is 4.79 Å². The molecule has 0 aliphatic carbocycles. The van der Waals surface area contributed by atoms with Crippen LogP contribution >= 0.6 is 0 Å². The minimum Gasteiger partial charge on any atom is -0.313 e. The van der Waals surface area contributed by atoms with Crippen molar-refractivity contribution in [3.8, 4) is 0 Å². The highest BCUT2D eigenvalue weighted by molar-refractivity contribution is 5.89. The van der Waals surface area contributed by atoms with E-state index in [0.29, 0.717) is 6.42 Å². The molecule has 0 aliphatic rings. The van der Waals surface area contributed by atoms with Crippen LogP contribution in [-0.4, -0.2) is 15.9 Å². The number of hydrogen-bond acceptors (Lipinski definition) is 3. The monoisotopic (exact) mass is 167 g/mol. The first-order valence-electron chi connectivity index (χ1n) is 3.58. The van der Waals surface area contributed by atoms with Crippen LogP contribution in [0, 0.1) is 0 Å². The van der Waals surface area contributed by atoms with Gasteiger partial charge in [-0.1, -0.05) is 6.92 Å². The highest BCUT2D eigenvalue weighted by atomic mass is 16.2. The molecule has 0 fully saturated rings. The molecule has 0 radical (unpaired) electrons. The average Bonchev–Trinajstić information content (AvgIpc) is 2.04. The summed E-state index contributed by atoms with van der Waals surface area (Å²) < 4.78 is 0. The van der Waals surface area contributed by atoms with Crippen LogP contribution in [0.4, 0.5) is 5.82 Å². The van der Waals surface area contributed by atoms with E-state index >= 15 is 0 Å². The first kappa shape index (κ1) is 8.45. The molecule has 1 amide bonds. The zero-order valence-electron chi connectivity index (χ0n) is 6.63. The van der Waals surface area contributed by atoms with Gasteiger partial charge in [0.25, 0.3) is 0 Å². The molecule has 64 valence electrons. The van der Waals surface area contributed by atoms with E-state index in [9.17, 15) is 9.59 Å². The molecule has 2 N–H and O–H groups in total. The summed E-state index contributed by atoms with van der Waals surface area (Å²) in [5.74, 6) is 0.124. The quantitative estimate of drug-likeness (QED) is 0.656. The van der Waals surface area contributed by atoms with Gasteiger partial charge in [0.2, 0.25) is 5.91 Å². The third-order valence-corrected chi connectivity index (χ3v) is 1.26. The van der Waals surface area contributed by atoms with E-state index < -0.39 is 5.69 Å². The van der Waals surface area contributed by atoms with Crippen LogP contribution in [0.15, 0.2) is 17.1 Å². The molecule has 1 aromatic heterocycles. The predicted octanol–water partition coefficient (Wildman–Crippen LogP) is 0.118. The molecule has 0 aromatic carbocycles. The Morgan fingerprint density at radius 1 is 1.75 bits per heavy atom. The van der Waals surface area contributed by atoms with Gasteiger partial charge in [0.1, 0.15) is 5.82 Å². The van der Waals surface area contributed by atoms with Crippen molar-refractivity contribution < 1.29 is 4.79 Å². The second-order valence-electron chi connectivity index (χ2n) is 2.18. The van der Waals surface area contributed by atoms with Crippen LogP contribution in [-0.2, 0) is 4.79 Å². The van der Waals surface area contributed by atoms with Crippen LogP contribution in [0.1, 0.15) is 13.3 Å². The van der Waals surface area contributed by atoms with Crippen molar-refractivity contribution in [2.45, 2.75) is 13.3 Å². The van der Waals surface area contributed by atoms with Crippen molar-refractivity contribution >= 4 is 11.7 Å². The topological polar surface area (TPSA) is 74.8 Å². The maximum Gasteiger partial charge on any atom is 0.346 e. The summed E-state index contributed by atoms with van der Waals surface area (Å²) in [6, 6.07) is 1.52. The van der Waals surface area contributed by atoms with E-state index in [0.717, 1.165) is 0 Å². The molecule has 0 unspecified atom stereocenters. The molecule has 0 spiro atoms. The Balaban J connectivity index is 2.76. The fourth-order valence-electron chi connectivity index (χ4n) is 0.672. The highest BCUT2D eigenvalue weighted by Crippen LogP contribution is 1.95. The second-order valence-corrected chi connectivity index (χ2v) is 2.18. The van der Waals surface area contributed by atoms with Gasteiger partial charge < -0.3 is 10.3 Å². The minimum absolute atomic E-state index is 0.159. The number of H-pyrrole nitrogens is 1. The van der Waals surface area contributed by atoms with E-state index in [1.807, 2.05) is 0 Å². The van der Waals surface area contributed by atoms with Crippen molar-refractivity contribution in [2.24, 2.45) is 0 Å². The van der Waals surface area contributed by atoms with Gasteiger partial charge in [-0.3, -0.25) is 4.79 Å². The standard InChI is InChI=1S/C7H9N3O2/c1-2-6(11)9-5-3-4-8-7(12)10-5/h3-4H,2H2,1H3,(H2,8,9,10,11,12). The van der Waals surface area contributed by atoms with E-state index in [4.69, 9.17) is 0 Å². The summed E-state index contributed by atoms with van der Waals surface area (Å²) in [5, 5.41) is 2.46. The van der Waals surface area contributed by atoms with Gasteiger partial charge in [0.05, 0.1) is 0 Å². The molecule has 0 saturated carbocycles. The van der Waals surface area contributed by atoms with Gasteiger partial charge in [-0.15, -0.1) is 0 Å². The molecule has 1 rings (SSSR count). The summed E-state index contributed by atoms with van der Waals surface area (Å²) >= 11 is 0. The van der Waals surface area contributed by atoms with Crippen LogP contribution in [0.3, 0.4) is 0 Å². The average molecular weight is 167 g/mol. The molecule has 12 heavy (non-hydrogen) atoms. The fourth-order valence-corrected chi connectivity index (χ4v) is 0.672. The fraction of sp³-hybridized carbons (Fsp3) is 0.286. The molecule has 1 heterocycles. The normalized spacial score (nSPS) is 9.42. The number of rotatable bonds is 2. The lowest BCUT2D eigenvalue weighted by Gasteiger charge is -1.99. The minimum atomic E-state index is -0.469. The lowest BCUT2D eigenvalue weighted by molar-refractivity contribution is -0.115. The Morgan fingerprint density at radius 2 is 2.50 bits per heavy atom. The lowest BCUT2D eigenvalue weighted by Crippen LogP contribution is -2.16. The van der Waals surface area contributed by atoms with Crippen molar-refractivity contribution in [1.29, 1.82) is 0 Å². The molecule has 0 saturated heterocycles. The summed E-state index contributed by atoms with van der Waals surface area (Å²) in [4.78, 5) is 27.3. The maximum atomic E-state index is 10.8. The number of anilines is 1. The summed E-state index contributed by atoms with van der Waals surface area (Å²) in [6.07, 6.45) is 1.80. The van der Waals surface area contributed by atoms with Crippen molar-refractivity contribution in [2.75, 3.05) is 5.32 Å². The SMILES string of the molecule is CCC(=O)Nc1cc[nH]c(=O)n1. The third-order valence-electron chi connectivity index (χ3n) is 1.26. The largest absolute Gasteiger partial charge is 0.346 e. The molecular weight excluding hydrogens is 158 g/mol. The van der Waals surface area contributed by atoms with Gasteiger partial charge in [0.15, 0.2) is 0 Å². The second kappa shape index (κ2) is 3.66. The number of nitrogens with zero attached hydrogens (tertiary/aromatic N) is 1. The van der Waals surface area contributed by atoms with Crippen molar-refractivity contribution in [3.05, 3.63) is 22.7 Å². The van der Waals surface area contributed by atoms with Gasteiger partial charge in [-0.05, 0) is 6.07 Å². The molecule has 0 bridgehead atoms. The number of hydrogen-bond donors (Lipinski definition) is 2. The van der Waals surface area contributed by atoms with Gasteiger partial charge >= 0.3 is 5.69 Å². The third kappa shape index (κ3) is 2.19. The van der Waals surface area contributed by atoms with E-state index in [1.54, 1.807) is 6.92 Å². The number of aromatic nitrogens is 2. The van der Waals surface area contributed by atoms with Crippen LogP contribution < -0.4 is 11.0 Å². The molecule has 5 nitrogen and oxygen atoms in total. The molecule has 5 heteroatoms. The Bertz CT molecular complexity index is 331. The smallest absolute Gasteiger partial charge is 0.313 e. The first-order chi connectivity index (χ1) is 5.72. The van der Waals surface area contributed by atoms with E-state index in [1.165, 1.54) is 12.3 Å². The van der Waals surface area contributed by atoms with Crippen LogP contribution in [0.5, 0.6) is 0 Å². The Morgan fingerprint density at radius 3 is 3.08 bits per heavy atom. The van der Waals surface area contributed by atoms with Gasteiger partial charge in [-0.2, -0.15) is 4.98 Å². The van der Waals surface area contributed by atoms with Crippen LogP contribution in [0.25, 0.3) is 0 Å². The summed E-state index contributed by atoms with van der Waals surface area (Å²) in [7, 11) is 0. The first-order valence-corrected chi connectivity index (χ1v) is 3.58. The van der Waals surface area contributed by atoms with E-state index in [2.05, 4.69) is 15.3 Å². The predicted molar refractivity (Wildman–Crippen MR) is 43.8 cm³/mol. The lowest BCUT2D eigenvalue weighted by atomic mass is 10.4. The summed E-state index contributed by atoms with van der Waals surface area (Å²) in [5.41, 5.74) is -0.469. The van der Waals surface area contributed by atoms with Crippen LogP contribution in [0.2, 0.25) is 0 Å². The van der Waals surface area contributed by atoms with Crippen molar-refractivity contribution in [1.82, 2.24) is 9.97 Å². The molecule has 0 atom stereocenters. The molecule has 0 aliphatic heterocycles. The Kier molecular flexibility index (Phi) is 2.57. The number of amides is 1. The number of aromatic amines is 1. The molecule has 1 aromatic rings. The van der Waals surface area contributed by atoms with Crippen molar-refractivity contribution in [3.63, 3.8) is 0 Å². The number of carbonyl (C=O) groups excluding carboxylic acids is 1. The Labute approximate surface area is 68.8 Å².